The van der Waals surface area contributed by atoms with E-state index in [0.29, 0.717) is 22.0 Å². The number of nitrogens with one attached hydrogen (secondary N) is 1. The van der Waals surface area contributed by atoms with E-state index in [1.165, 1.54) is 54.5 Å². The molecule has 2 aromatic heterocycles. The van der Waals surface area contributed by atoms with E-state index >= 15 is 0 Å². The fourth-order valence-electron chi connectivity index (χ4n) is 2.47. The van der Waals surface area contributed by atoms with E-state index in [1.807, 2.05) is 0 Å². The number of halogens is 1. The summed E-state index contributed by atoms with van der Waals surface area (Å²) in [5.74, 6) is -0.865. The van der Waals surface area contributed by atoms with Crippen LogP contribution >= 0.6 is 11.3 Å². The highest BCUT2D eigenvalue weighted by atomic mass is 32.1. The van der Waals surface area contributed by atoms with Crippen LogP contribution in [0.1, 0.15) is 24.2 Å². The number of amides is 2. The molecule has 0 fully saturated rings. The minimum absolute atomic E-state index is 0.0391. The van der Waals surface area contributed by atoms with Gasteiger partial charge in [0.05, 0.1) is 11.3 Å². The molecular formula is C19H17FN2O5S. The van der Waals surface area contributed by atoms with Gasteiger partial charge in [-0.05, 0) is 32.0 Å². The molecular weight excluding hydrogens is 387 g/mol. The molecule has 9 heteroatoms. The highest BCUT2D eigenvalue weighted by Crippen LogP contribution is 2.32. The number of Topliss-reactive ketones (excluding diaryl/α,β-unsaturated/α-hetero) is 1. The number of hydrogen-bond acceptors (Lipinski definition) is 6. The SMILES string of the molecule is CCOc1cc(NC(=O)N(C)c2cc3oc(=O)c(C(C)=O)cc3s2)ccc1F. The van der Waals surface area contributed by atoms with Crippen LogP contribution in [0.4, 0.5) is 19.9 Å². The van der Waals surface area contributed by atoms with Crippen LogP contribution in [0.3, 0.4) is 0 Å². The van der Waals surface area contributed by atoms with E-state index in [9.17, 15) is 18.8 Å². The number of carbonyl (C=O) groups excluding carboxylic acids is 2. The average Bonchev–Trinajstić information content (AvgIpc) is 3.05. The lowest BCUT2D eigenvalue weighted by Gasteiger charge is -2.16. The predicted octanol–water partition coefficient (Wildman–Crippen LogP) is 4.26. The van der Waals surface area contributed by atoms with Gasteiger partial charge in [0.15, 0.2) is 22.9 Å². The number of carbonyl (C=O) groups is 2. The third-order valence-corrected chi connectivity index (χ3v) is 5.05. The van der Waals surface area contributed by atoms with Gasteiger partial charge in [-0.3, -0.25) is 9.69 Å². The Labute approximate surface area is 163 Å². The van der Waals surface area contributed by atoms with Gasteiger partial charge in [-0.1, -0.05) is 0 Å². The molecule has 146 valence electrons. The first kappa shape index (κ1) is 19.6. The van der Waals surface area contributed by atoms with Crippen molar-refractivity contribution in [3.63, 3.8) is 0 Å². The number of fused-ring (bicyclic) bond motifs is 1. The Morgan fingerprint density at radius 2 is 2.04 bits per heavy atom. The first-order valence-electron chi connectivity index (χ1n) is 8.35. The van der Waals surface area contributed by atoms with Crippen molar-refractivity contribution in [1.29, 1.82) is 0 Å². The fraction of sp³-hybridized carbons (Fsp3) is 0.211. The number of nitrogens with zero attached hydrogens (tertiary/aromatic N) is 1. The first-order valence-corrected chi connectivity index (χ1v) is 9.17. The van der Waals surface area contributed by atoms with Crippen LogP contribution in [0.25, 0.3) is 10.3 Å². The normalized spacial score (nSPS) is 10.7. The minimum Gasteiger partial charge on any atom is -0.491 e. The van der Waals surface area contributed by atoms with Crippen molar-refractivity contribution >= 4 is 44.1 Å². The molecule has 1 aromatic carbocycles. The van der Waals surface area contributed by atoms with Gasteiger partial charge in [-0.2, -0.15) is 0 Å². The van der Waals surface area contributed by atoms with Crippen LogP contribution in [0.15, 0.2) is 39.5 Å². The first-order chi connectivity index (χ1) is 13.3. The summed E-state index contributed by atoms with van der Waals surface area (Å²) >= 11 is 1.19. The number of ketones is 1. The lowest BCUT2D eigenvalue weighted by atomic mass is 10.2. The Balaban J connectivity index is 1.84. The average molecular weight is 404 g/mol. The summed E-state index contributed by atoms with van der Waals surface area (Å²) in [7, 11) is 1.54. The summed E-state index contributed by atoms with van der Waals surface area (Å²) in [4.78, 5) is 37.2. The molecule has 0 radical (unpaired) electrons. The second kappa shape index (κ2) is 7.81. The van der Waals surface area contributed by atoms with Gasteiger partial charge in [-0.15, -0.1) is 11.3 Å². The van der Waals surface area contributed by atoms with Gasteiger partial charge in [0.25, 0.3) is 0 Å². The highest BCUT2D eigenvalue weighted by molar-refractivity contribution is 7.22. The summed E-state index contributed by atoms with van der Waals surface area (Å²) in [6.07, 6.45) is 0. The molecule has 0 saturated heterocycles. The smallest absolute Gasteiger partial charge is 0.347 e. The highest BCUT2D eigenvalue weighted by Gasteiger charge is 2.18. The number of rotatable bonds is 5. The molecule has 2 heterocycles. The minimum atomic E-state index is -0.716. The maximum absolute atomic E-state index is 13.7. The zero-order chi connectivity index (χ0) is 20.4. The van der Waals surface area contributed by atoms with Crippen molar-refractivity contribution in [1.82, 2.24) is 0 Å². The molecule has 28 heavy (non-hydrogen) atoms. The van der Waals surface area contributed by atoms with Crippen molar-refractivity contribution in [2.45, 2.75) is 13.8 Å². The Kier molecular flexibility index (Phi) is 5.46. The molecule has 2 amide bonds. The number of benzene rings is 1. The molecule has 0 spiro atoms. The molecule has 1 N–H and O–H groups in total. The van der Waals surface area contributed by atoms with Gasteiger partial charge in [0, 0.05) is 24.9 Å². The Morgan fingerprint density at radius 3 is 2.71 bits per heavy atom. The van der Waals surface area contributed by atoms with E-state index in [0.717, 1.165) is 0 Å². The van der Waals surface area contributed by atoms with E-state index < -0.39 is 23.3 Å². The van der Waals surface area contributed by atoms with E-state index in [1.54, 1.807) is 13.0 Å². The summed E-state index contributed by atoms with van der Waals surface area (Å²) in [5.41, 5.74) is -0.0998. The van der Waals surface area contributed by atoms with Gasteiger partial charge in [0.2, 0.25) is 0 Å². The molecule has 0 aliphatic carbocycles. The van der Waals surface area contributed by atoms with Gasteiger partial charge >= 0.3 is 11.7 Å². The summed E-state index contributed by atoms with van der Waals surface area (Å²) in [5, 5.41) is 3.16. The van der Waals surface area contributed by atoms with Crippen molar-refractivity contribution in [2.75, 3.05) is 23.9 Å². The van der Waals surface area contributed by atoms with Gasteiger partial charge in [-0.25, -0.2) is 14.0 Å². The Hall–Kier alpha value is -3.20. The summed E-state index contributed by atoms with van der Waals surface area (Å²) < 4.78 is 24.6. The van der Waals surface area contributed by atoms with Crippen LogP contribution < -0.4 is 20.6 Å². The van der Waals surface area contributed by atoms with Crippen LogP contribution in [0, 0.1) is 5.82 Å². The standard InChI is InChI=1S/C19H17FN2O5S/c1-4-26-14-7-11(5-6-13(14)20)21-19(25)22(3)17-9-15-16(28-17)8-12(10(2)23)18(24)27-15/h5-9H,4H2,1-3H3,(H,21,25). The van der Waals surface area contributed by atoms with Crippen LogP contribution in [0.2, 0.25) is 0 Å². The van der Waals surface area contributed by atoms with Crippen LogP contribution in [-0.4, -0.2) is 25.5 Å². The third-order valence-electron chi connectivity index (χ3n) is 3.91. The van der Waals surface area contributed by atoms with Gasteiger partial charge < -0.3 is 14.5 Å². The number of anilines is 2. The topological polar surface area (TPSA) is 88.8 Å². The summed E-state index contributed by atoms with van der Waals surface area (Å²) in [6, 6.07) is 6.55. The molecule has 0 aliphatic heterocycles. The molecule has 3 rings (SSSR count). The molecule has 3 aromatic rings. The monoisotopic (exact) mass is 404 g/mol. The lowest BCUT2D eigenvalue weighted by Crippen LogP contribution is -2.30. The molecule has 0 bridgehead atoms. The lowest BCUT2D eigenvalue weighted by molar-refractivity contribution is 0.101. The number of hydrogen-bond donors (Lipinski definition) is 1. The Bertz CT molecular complexity index is 1120. The van der Waals surface area contributed by atoms with Crippen molar-refractivity contribution in [2.24, 2.45) is 0 Å². The van der Waals surface area contributed by atoms with Crippen LogP contribution in [-0.2, 0) is 0 Å². The van der Waals surface area contributed by atoms with E-state index in [-0.39, 0.29) is 16.9 Å². The Morgan fingerprint density at radius 1 is 1.29 bits per heavy atom. The van der Waals surface area contributed by atoms with Gasteiger partial charge in [0.1, 0.15) is 10.6 Å². The number of ether oxygens (including phenoxy) is 1. The van der Waals surface area contributed by atoms with E-state index in [4.69, 9.17) is 9.15 Å². The molecule has 0 atom stereocenters. The molecule has 7 nitrogen and oxygen atoms in total. The maximum atomic E-state index is 13.7. The van der Waals surface area contributed by atoms with Crippen LogP contribution in [0.5, 0.6) is 5.75 Å². The zero-order valence-corrected chi connectivity index (χ0v) is 16.2. The maximum Gasteiger partial charge on any atom is 0.347 e. The molecule has 0 aliphatic rings. The molecule has 0 saturated carbocycles. The quantitative estimate of drug-likeness (QED) is 0.642. The van der Waals surface area contributed by atoms with Crippen molar-refractivity contribution < 1.29 is 23.1 Å². The predicted molar refractivity (Wildman–Crippen MR) is 105 cm³/mol. The largest absolute Gasteiger partial charge is 0.491 e. The summed E-state index contributed by atoms with van der Waals surface area (Å²) in [6.45, 7) is 3.31. The second-order valence-electron chi connectivity index (χ2n) is 5.88. The third kappa shape index (κ3) is 3.89. The van der Waals surface area contributed by atoms with Crippen molar-refractivity contribution in [3.8, 4) is 5.75 Å². The number of thiophene rings is 1. The second-order valence-corrected chi connectivity index (χ2v) is 6.95. The number of urea groups is 1. The zero-order valence-electron chi connectivity index (χ0n) is 15.4. The van der Waals surface area contributed by atoms with E-state index in [2.05, 4.69) is 5.32 Å². The van der Waals surface area contributed by atoms with Crippen molar-refractivity contribution in [3.05, 3.63) is 52.1 Å². The fourth-order valence-corrected chi connectivity index (χ4v) is 3.46. The molecule has 0 unspecified atom stereocenters.